The topological polar surface area (TPSA) is 89.6 Å². The maximum absolute atomic E-state index is 13.7. The van der Waals surface area contributed by atoms with E-state index in [4.69, 9.17) is 22.1 Å². The molecule has 2 rings (SSSR count). The normalized spacial score (nSPS) is 12.7. The number of rotatable bonds is 5. The highest BCUT2D eigenvalue weighted by Crippen LogP contribution is 2.32. The number of carbonyl (C=O) groups excluding carboxylic acids is 1. The van der Waals surface area contributed by atoms with Gasteiger partial charge in [0, 0.05) is 18.8 Å². The number of hydrogen-bond donors (Lipinski definition) is 2. The van der Waals surface area contributed by atoms with E-state index in [2.05, 4.69) is 15.3 Å². The first-order valence-electron chi connectivity index (χ1n) is 7.89. The summed E-state index contributed by atoms with van der Waals surface area (Å²) in [5.74, 6) is -2.26. The fourth-order valence-electron chi connectivity index (χ4n) is 2.38. The van der Waals surface area contributed by atoms with E-state index in [0.717, 1.165) is 12.3 Å². The summed E-state index contributed by atoms with van der Waals surface area (Å²) in [5.41, 5.74) is 4.32. The molecule has 0 fully saturated rings. The number of carbonyl (C=O) groups is 1. The van der Waals surface area contributed by atoms with Crippen molar-refractivity contribution in [3.63, 3.8) is 0 Å². The monoisotopic (exact) mass is 430 g/mol. The number of nitrogens with one attached hydrogen (secondary N) is 1. The zero-order valence-corrected chi connectivity index (χ0v) is 15.9. The van der Waals surface area contributed by atoms with Crippen molar-refractivity contribution in [2.24, 2.45) is 10.7 Å². The number of benzene rings is 1. The van der Waals surface area contributed by atoms with Gasteiger partial charge in [-0.25, -0.2) is 9.37 Å². The molecule has 0 saturated carbocycles. The van der Waals surface area contributed by atoms with E-state index in [0.29, 0.717) is 17.7 Å². The highest BCUT2D eigenvalue weighted by Gasteiger charge is 2.34. The average Bonchev–Trinajstić information content (AvgIpc) is 2.67. The van der Waals surface area contributed by atoms with Crippen LogP contribution in [0.3, 0.4) is 0 Å². The van der Waals surface area contributed by atoms with Crippen LogP contribution in [0.4, 0.5) is 23.2 Å². The van der Waals surface area contributed by atoms with Crippen molar-refractivity contribution in [3.8, 4) is 5.88 Å². The van der Waals surface area contributed by atoms with E-state index in [1.807, 2.05) is 0 Å². The van der Waals surface area contributed by atoms with Crippen LogP contribution in [0.1, 0.15) is 21.5 Å². The van der Waals surface area contributed by atoms with Gasteiger partial charge in [0.05, 0.1) is 40.9 Å². The Labute approximate surface area is 168 Å². The zero-order chi connectivity index (χ0) is 21.8. The van der Waals surface area contributed by atoms with Gasteiger partial charge in [-0.15, -0.1) is 0 Å². The van der Waals surface area contributed by atoms with Gasteiger partial charge >= 0.3 is 6.18 Å². The summed E-state index contributed by atoms with van der Waals surface area (Å²) < 4.78 is 56.8. The Morgan fingerprint density at radius 2 is 2.03 bits per heavy atom. The average molecular weight is 431 g/mol. The van der Waals surface area contributed by atoms with Gasteiger partial charge in [-0.3, -0.25) is 9.79 Å². The molecule has 3 N–H and O–H groups in total. The number of nitrogens with two attached hydrogens (primary N) is 1. The van der Waals surface area contributed by atoms with Crippen LogP contribution in [0.15, 0.2) is 46.7 Å². The van der Waals surface area contributed by atoms with Crippen LogP contribution in [0.25, 0.3) is 0 Å². The molecule has 0 aliphatic heterocycles. The van der Waals surface area contributed by atoms with E-state index in [1.165, 1.54) is 26.4 Å². The molecule has 0 aliphatic carbocycles. The van der Waals surface area contributed by atoms with Gasteiger partial charge in [0.2, 0.25) is 5.88 Å². The maximum Gasteiger partial charge on any atom is 0.419 e. The van der Waals surface area contributed by atoms with Gasteiger partial charge in [-0.05, 0) is 24.3 Å². The summed E-state index contributed by atoms with van der Waals surface area (Å²) in [4.78, 5) is 20.4. The summed E-state index contributed by atoms with van der Waals surface area (Å²) in [5, 5.41) is 2.52. The summed E-state index contributed by atoms with van der Waals surface area (Å²) in [6.07, 6.45) is -2.51. The molecule has 154 valence electrons. The fourth-order valence-corrected chi connectivity index (χ4v) is 2.56. The first-order valence-corrected chi connectivity index (χ1v) is 8.27. The Hall–Kier alpha value is -3.14. The Balaban J connectivity index is 2.36. The van der Waals surface area contributed by atoms with E-state index < -0.39 is 23.5 Å². The van der Waals surface area contributed by atoms with Crippen LogP contribution < -0.4 is 15.8 Å². The SMILES string of the molecule is CN=C(C(Cl)=CN)c1cc(NC(=O)c2ccc(C(F)(F)F)c(F)c2)cnc1OC. The second-order valence-corrected chi connectivity index (χ2v) is 5.92. The van der Waals surface area contributed by atoms with Crippen molar-refractivity contribution in [1.29, 1.82) is 0 Å². The molecule has 1 aromatic heterocycles. The number of ether oxygens (including phenoxy) is 1. The smallest absolute Gasteiger partial charge is 0.419 e. The minimum atomic E-state index is -4.86. The molecule has 29 heavy (non-hydrogen) atoms. The van der Waals surface area contributed by atoms with Gasteiger partial charge in [-0.2, -0.15) is 13.2 Å². The van der Waals surface area contributed by atoms with Gasteiger partial charge in [0.15, 0.2) is 0 Å². The third-order valence-corrected chi connectivity index (χ3v) is 4.00. The van der Waals surface area contributed by atoms with E-state index in [-0.39, 0.29) is 27.9 Å². The Kier molecular flexibility index (Phi) is 6.80. The lowest BCUT2D eigenvalue weighted by Crippen LogP contribution is -2.15. The Morgan fingerprint density at radius 3 is 2.55 bits per heavy atom. The summed E-state index contributed by atoms with van der Waals surface area (Å²) >= 11 is 6.02. The Bertz CT molecular complexity index is 990. The van der Waals surface area contributed by atoms with Crippen molar-refractivity contribution in [2.45, 2.75) is 6.18 Å². The van der Waals surface area contributed by atoms with Crippen LogP contribution in [0, 0.1) is 5.82 Å². The highest BCUT2D eigenvalue weighted by molar-refractivity contribution is 6.46. The molecular formula is C18H15ClF4N4O2. The van der Waals surface area contributed by atoms with Gasteiger partial charge in [0.25, 0.3) is 5.91 Å². The number of pyridine rings is 1. The number of nitrogens with zero attached hydrogens (tertiary/aromatic N) is 2. The van der Waals surface area contributed by atoms with Crippen LogP contribution >= 0.6 is 11.6 Å². The first-order chi connectivity index (χ1) is 13.6. The summed E-state index contributed by atoms with van der Waals surface area (Å²) in [6, 6.07) is 3.29. The molecule has 0 atom stereocenters. The van der Waals surface area contributed by atoms with Crippen LogP contribution in [0.5, 0.6) is 5.88 Å². The quantitative estimate of drug-likeness (QED) is 0.555. The molecule has 6 nitrogen and oxygen atoms in total. The predicted octanol–water partition coefficient (Wildman–Crippen LogP) is 3.96. The molecular weight excluding hydrogens is 416 g/mol. The lowest BCUT2D eigenvalue weighted by atomic mass is 10.1. The van der Waals surface area contributed by atoms with Gasteiger partial charge in [-0.1, -0.05) is 11.6 Å². The summed E-state index contributed by atoms with van der Waals surface area (Å²) in [6.45, 7) is 0. The largest absolute Gasteiger partial charge is 0.481 e. The number of halogens is 5. The number of aliphatic imine (C=N–C) groups is 1. The van der Waals surface area contributed by atoms with Gasteiger partial charge in [0.1, 0.15) is 5.82 Å². The van der Waals surface area contributed by atoms with E-state index in [1.54, 1.807) is 0 Å². The van der Waals surface area contributed by atoms with Crippen LogP contribution in [-0.4, -0.2) is 30.8 Å². The van der Waals surface area contributed by atoms with Crippen LogP contribution in [-0.2, 0) is 6.18 Å². The number of allylic oxidation sites excluding steroid dienone is 1. The molecule has 0 aliphatic rings. The second-order valence-electron chi connectivity index (χ2n) is 5.51. The molecule has 0 radical (unpaired) electrons. The molecule has 1 amide bonds. The van der Waals surface area contributed by atoms with E-state index >= 15 is 0 Å². The maximum atomic E-state index is 13.7. The lowest BCUT2D eigenvalue weighted by Gasteiger charge is -2.13. The molecule has 0 bridgehead atoms. The lowest BCUT2D eigenvalue weighted by molar-refractivity contribution is -0.140. The number of anilines is 1. The van der Waals surface area contributed by atoms with Crippen molar-refractivity contribution in [3.05, 3.63) is 64.2 Å². The molecule has 0 spiro atoms. The van der Waals surface area contributed by atoms with Gasteiger partial charge < -0.3 is 15.8 Å². The molecule has 11 heteroatoms. The minimum Gasteiger partial charge on any atom is -0.481 e. The fraction of sp³-hybridized carbons (Fsp3) is 0.167. The zero-order valence-electron chi connectivity index (χ0n) is 15.1. The molecule has 0 saturated heterocycles. The predicted molar refractivity (Wildman–Crippen MR) is 101 cm³/mol. The Morgan fingerprint density at radius 1 is 1.34 bits per heavy atom. The molecule has 1 aromatic carbocycles. The molecule has 0 unspecified atom stereocenters. The number of aromatic nitrogens is 1. The van der Waals surface area contributed by atoms with E-state index in [9.17, 15) is 22.4 Å². The second kappa shape index (κ2) is 8.91. The van der Waals surface area contributed by atoms with Crippen LogP contribution in [0.2, 0.25) is 0 Å². The molecule has 2 aromatic rings. The van der Waals surface area contributed by atoms with Crippen molar-refractivity contribution >= 4 is 28.9 Å². The minimum absolute atomic E-state index is 0.0980. The third-order valence-electron chi connectivity index (χ3n) is 3.69. The van der Waals surface area contributed by atoms with Crippen molar-refractivity contribution in [2.75, 3.05) is 19.5 Å². The number of methoxy groups -OCH3 is 1. The molecule has 1 heterocycles. The first kappa shape index (κ1) is 22.2. The van der Waals surface area contributed by atoms with Crippen molar-refractivity contribution < 1.29 is 27.1 Å². The van der Waals surface area contributed by atoms with Crippen molar-refractivity contribution in [1.82, 2.24) is 4.98 Å². The number of alkyl halides is 3. The third kappa shape index (κ3) is 5.02. The number of amides is 1. The summed E-state index contributed by atoms with van der Waals surface area (Å²) in [7, 11) is 2.82. The highest BCUT2D eigenvalue weighted by atomic mass is 35.5. The standard InChI is InChI=1S/C18H15ClF4N4O2/c1-25-15(13(19)7-24)11-6-10(8-26-17(11)29-2)27-16(28)9-3-4-12(14(20)5-9)18(21,22)23/h3-8H,24H2,1-2H3,(H,27,28). The number of hydrogen-bond acceptors (Lipinski definition) is 5.